The Hall–Kier alpha value is -3.27. The zero-order chi connectivity index (χ0) is 27.6. The Bertz CT molecular complexity index is 1390. The second kappa shape index (κ2) is 12.5. The molecule has 4 heterocycles. The van der Waals surface area contributed by atoms with E-state index in [1.807, 2.05) is 25.3 Å². The van der Waals surface area contributed by atoms with Crippen molar-refractivity contribution >= 4 is 17.1 Å². The molecule has 40 heavy (non-hydrogen) atoms. The average molecular weight is 556 g/mol. The van der Waals surface area contributed by atoms with Gasteiger partial charge >= 0.3 is 6.09 Å². The van der Waals surface area contributed by atoms with Gasteiger partial charge in [0.05, 0.1) is 25.3 Å². The third-order valence-corrected chi connectivity index (χ3v) is 8.29. The van der Waals surface area contributed by atoms with E-state index in [0.717, 1.165) is 79.9 Å². The summed E-state index contributed by atoms with van der Waals surface area (Å²) in [5.41, 5.74) is 2.94. The maximum atomic E-state index is 13.6. The van der Waals surface area contributed by atoms with Gasteiger partial charge in [-0.25, -0.2) is 14.2 Å². The number of likely N-dealkylation sites (tertiary alicyclic amines) is 1. The van der Waals surface area contributed by atoms with E-state index in [1.165, 1.54) is 12.1 Å². The molecule has 2 aromatic heterocycles. The van der Waals surface area contributed by atoms with Crippen molar-refractivity contribution in [1.82, 2.24) is 20.0 Å². The van der Waals surface area contributed by atoms with Crippen molar-refractivity contribution in [3.8, 4) is 0 Å². The summed E-state index contributed by atoms with van der Waals surface area (Å²) in [5.74, 6) is 1.03. The van der Waals surface area contributed by atoms with Crippen LogP contribution in [0.1, 0.15) is 68.2 Å². The second-order valence-electron chi connectivity index (χ2n) is 11.6. The number of alkyl carbamates (subject to hydrolysis) is 1. The highest BCUT2D eigenvalue weighted by atomic mass is 19.1. The van der Waals surface area contributed by atoms with E-state index in [2.05, 4.69) is 10.5 Å². The van der Waals surface area contributed by atoms with Gasteiger partial charge in [0.1, 0.15) is 11.6 Å². The van der Waals surface area contributed by atoms with Gasteiger partial charge in [-0.15, -0.1) is 0 Å². The molecule has 1 N–H and O–H groups in total. The van der Waals surface area contributed by atoms with E-state index in [0.29, 0.717) is 35.5 Å². The van der Waals surface area contributed by atoms with Gasteiger partial charge in [-0.05, 0) is 37.8 Å². The van der Waals surface area contributed by atoms with Crippen molar-refractivity contribution in [3.05, 3.63) is 64.6 Å². The minimum absolute atomic E-state index is 0. The number of amides is 1. The Balaban J connectivity index is 0.00000370. The molecule has 2 aliphatic heterocycles. The summed E-state index contributed by atoms with van der Waals surface area (Å²) in [7, 11) is 0. The first-order chi connectivity index (χ1) is 18.7. The highest BCUT2D eigenvalue weighted by Crippen LogP contribution is 2.35. The number of benzene rings is 1. The Kier molecular flexibility index (Phi) is 9.28. The normalized spacial score (nSPS) is 20.7. The van der Waals surface area contributed by atoms with Crippen LogP contribution in [0.2, 0.25) is 0 Å². The molecular formula is C30H42FN5O4. The van der Waals surface area contributed by atoms with Crippen LogP contribution in [-0.2, 0) is 24.1 Å². The fraction of sp³-hybridized carbons (Fsp3) is 0.567. The summed E-state index contributed by atoms with van der Waals surface area (Å²) in [4.78, 5) is 30.6. The van der Waals surface area contributed by atoms with E-state index in [-0.39, 0.29) is 31.5 Å². The van der Waals surface area contributed by atoms with E-state index < -0.39 is 6.09 Å². The van der Waals surface area contributed by atoms with Gasteiger partial charge in [-0.3, -0.25) is 13.8 Å². The number of rotatable bonds is 8. The van der Waals surface area contributed by atoms with Crippen LogP contribution in [0.3, 0.4) is 0 Å². The molecule has 0 aliphatic carbocycles. The molecule has 1 fully saturated rings. The molecule has 0 radical (unpaired) electrons. The zero-order valence-electron chi connectivity index (χ0n) is 24.2. The van der Waals surface area contributed by atoms with Crippen LogP contribution >= 0.6 is 0 Å². The van der Waals surface area contributed by atoms with Gasteiger partial charge in [0.25, 0.3) is 5.56 Å². The quantitative estimate of drug-likeness (QED) is 0.314. The fourth-order valence-electron chi connectivity index (χ4n) is 5.93. The molecule has 1 amide bonds. The predicted octanol–water partition coefficient (Wildman–Crippen LogP) is 4.90. The molecule has 0 atom stereocenters. The van der Waals surface area contributed by atoms with Crippen LogP contribution in [0.25, 0.3) is 11.0 Å². The van der Waals surface area contributed by atoms with Crippen molar-refractivity contribution in [2.24, 2.45) is 5.92 Å². The van der Waals surface area contributed by atoms with Crippen molar-refractivity contribution in [2.75, 3.05) is 32.9 Å². The van der Waals surface area contributed by atoms with Gasteiger partial charge in [0.15, 0.2) is 5.58 Å². The highest BCUT2D eigenvalue weighted by Gasteiger charge is 2.37. The standard InChI is InChI=1S/C29H38FN5O4.CH3/c1-19(2)17-31-29(37)38-18-35(15-11-23-20(3)32-26-6-4-5-12-34(26)28(23)36)13-9-21(10-14-35)27-24-8-7-22(30)16-25(24)39-33-27;/h7-8,16,19,21H,4-6,9-15,17-18H2,1-3H3;1H3/q;-1/p+1. The molecule has 1 aromatic carbocycles. The molecule has 2 aliphatic rings. The molecule has 5 rings (SSSR count). The van der Waals surface area contributed by atoms with E-state index in [1.54, 1.807) is 6.07 Å². The van der Waals surface area contributed by atoms with E-state index >= 15 is 0 Å². The predicted molar refractivity (Wildman–Crippen MR) is 151 cm³/mol. The molecule has 0 bridgehead atoms. The zero-order valence-corrected chi connectivity index (χ0v) is 24.2. The topological polar surface area (TPSA) is 99.2 Å². The number of hydrogen-bond acceptors (Lipinski definition) is 6. The number of nitrogens with zero attached hydrogens (tertiary/aromatic N) is 4. The molecule has 3 aromatic rings. The maximum absolute atomic E-state index is 13.6. The number of piperidine rings is 1. The number of quaternary nitrogens is 1. The number of fused-ring (bicyclic) bond motifs is 2. The largest absolute Gasteiger partial charge is 0.411 e. The van der Waals surface area contributed by atoms with Gasteiger partial charge in [0.2, 0.25) is 6.73 Å². The number of halogens is 1. The lowest BCUT2D eigenvalue weighted by molar-refractivity contribution is -0.947. The Morgan fingerprint density at radius 2 is 2.05 bits per heavy atom. The van der Waals surface area contributed by atoms with E-state index in [9.17, 15) is 14.0 Å². The molecule has 1 saturated heterocycles. The van der Waals surface area contributed by atoms with Gasteiger partial charge < -0.3 is 22.0 Å². The van der Waals surface area contributed by atoms with E-state index in [4.69, 9.17) is 14.2 Å². The van der Waals surface area contributed by atoms with Gasteiger partial charge in [0, 0.05) is 67.4 Å². The summed E-state index contributed by atoms with van der Waals surface area (Å²) in [5, 5.41) is 7.96. The summed E-state index contributed by atoms with van der Waals surface area (Å²) >= 11 is 0. The number of aromatic nitrogens is 3. The maximum Gasteiger partial charge on any atom is 0.411 e. The minimum atomic E-state index is -0.417. The lowest BCUT2D eigenvalue weighted by Gasteiger charge is -2.42. The Morgan fingerprint density at radius 3 is 2.80 bits per heavy atom. The van der Waals surface area contributed by atoms with Gasteiger partial charge in [-0.1, -0.05) is 19.0 Å². The highest BCUT2D eigenvalue weighted by molar-refractivity contribution is 5.79. The molecule has 218 valence electrons. The van der Waals surface area contributed by atoms with Crippen LogP contribution in [-0.4, -0.2) is 58.2 Å². The van der Waals surface area contributed by atoms with Crippen LogP contribution in [0, 0.1) is 26.1 Å². The van der Waals surface area contributed by atoms with Crippen LogP contribution in [0.5, 0.6) is 0 Å². The first kappa shape index (κ1) is 29.7. The number of hydrogen-bond donors (Lipinski definition) is 1. The second-order valence-corrected chi connectivity index (χ2v) is 11.6. The molecule has 0 unspecified atom stereocenters. The summed E-state index contributed by atoms with van der Waals surface area (Å²) in [6.07, 6.45) is 4.71. The molecule has 0 spiro atoms. The third kappa shape index (κ3) is 6.37. The van der Waals surface area contributed by atoms with Crippen molar-refractivity contribution < 1.29 is 22.9 Å². The molecule has 9 nitrogen and oxygen atoms in total. The molecule has 0 saturated carbocycles. The number of carbonyl (C=O) groups excluding carboxylic acids is 1. The average Bonchev–Trinajstić information content (AvgIpc) is 3.34. The van der Waals surface area contributed by atoms with Crippen molar-refractivity contribution in [2.45, 2.75) is 71.8 Å². The lowest BCUT2D eigenvalue weighted by atomic mass is 9.90. The number of aryl methyl sites for hydroxylation is 2. The first-order valence-corrected chi connectivity index (χ1v) is 14.1. The summed E-state index contributed by atoms with van der Waals surface area (Å²) in [6, 6.07) is 4.53. The Morgan fingerprint density at radius 1 is 1.27 bits per heavy atom. The fourth-order valence-corrected chi connectivity index (χ4v) is 5.93. The van der Waals surface area contributed by atoms with Gasteiger partial charge in [-0.2, -0.15) is 0 Å². The van der Waals surface area contributed by atoms with Crippen LogP contribution < -0.4 is 10.9 Å². The number of nitrogens with one attached hydrogen (secondary N) is 1. The van der Waals surface area contributed by atoms with Crippen LogP contribution in [0.4, 0.5) is 9.18 Å². The van der Waals surface area contributed by atoms with Crippen LogP contribution in [0.15, 0.2) is 27.5 Å². The Labute approximate surface area is 235 Å². The number of carbonyl (C=O) groups is 1. The summed E-state index contributed by atoms with van der Waals surface area (Å²) in [6.45, 7) is 9.71. The van der Waals surface area contributed by atoms with Crippen molar-refractivity contribution in [1.29, 1.82) is 0 Å². The lowest BCUT2D eigenvalue weighted by Crippen LogP contribution is -2.56. The summed E-state index contributed by atoms with van der Waals surface area (Å²) < 4.78 is 27.2. The molecular weight excluding hydrogens is 513 g/mol. The number of ether oxygens (including phenoxy) is 1. The monoisotopic (exact) mass is 555 g/mol. The molecule has 10 heteroatoms. The smallest absolute Gasteiger partial charge is 0.399 e. The van der Waals surface area contributed by atoms with Crippen molar-refractivity contribution in [3.63, 3.8) is 0 Å². The third-order valence-electron chi connectivity index (χ3n) is 8.29. The first-order valence-electron chi connectivity index (χ1n) is 14.1. The SMILES string of the molecule is Cc1nc2n(c(=O)c1CC[N+]1(COC(=O)NCC(C)C)CCC(c3noc4cc(F)ccc34)CC1)CCCC2.[CH3-]. The minimum Gasteiger partial charge on any atom is -0.399 e.